The molecular formula is C10H23N3. The van der Waals surface area contributed by atoms with Gasteiger partial charge in [0.1, 0.15) is 0 Å². The Kier molecular flexibility index (Phi) is 4.16. The average molecular weight is 185 g/mol. The van der Waals surface area contributed by atoms with Gasteiger partial charge in [-0.15, -0.1) is 0 Å². The van der Waals surface area contributed by atoms with Crippen LogP contribution in [0.25, 0.3) is 0 Å². The van der Waals surface area contributed by atoms with Crippen LogP contribution in [0.15, 0.2) is 0 Å². The summed E-state index contributed by atoms with van der Waals surface area (Å²) >= 11 is 0. The van der Waals surface area contributed by atoms with Gasteiger partial charge >= 0.3 is 0 Å². The van der Waals surface area contributed by atoms with E-state index in [2.05, 4.69) is 42.7 Å². The van der Waals surface area contributed by atoms with Crippen molar-refractivity contribution in [3.05, 3.63) is 0 Å². The molecule has 0 bridgehead atoms. The molecule has 1 aliphatic heterocycles. The molecule has 0 aromatic rings. The third-order valence-corrected chi connectivity index (χ3v) is 2.96. The second kappa shape index (κ2) is 4.94. The molecule has 78 valence electrons. The highest BCUT2D eigenvalue weighted by Crippen LogP contribution is 2.06. The Morgan fingerprint density at radius 1 is 1.15 bits per heavy atom. The second-order valence-electron chi connectivity index (χ2n) is 4.06. The van der Waals surface area contributed by atoms with E-state index >= 15 is 0 Å². The van der Waals surface area contributed by atoms with Crippen LogP contribution in [0.4, 0.5) is 0 Å². The van der Waals surface area contributed by atoms with Crippen molar-refractivity contribution in [3.63, 3.8) is 0 Å². The lowest BCUT2D eigenvalue weighted by Crippen LogP contribution is -2.53. The Labute approximate surface area is 82.3 Å². The lowest BCUT2D eigenvalue weighted by Gasteiger charge is -2.40. The molecule has 0 atom stereocenters. The Morgan fingerprint density at radius 3 is 2.08 bits per heavy atom. The molecule has 1 fully saturated rings. The number of hydrogen-bond acceptors (Lipinski definition) is 3. The van der Waals surface area contributed by atoms with E-state index in [4.69, 9.17) is 0 Å². The van der Waals surface area contributed by atoms with E-state index in [1.807, 2.05) is 0 Å². The zero-order chi connectivity index (χ0) is 9.84. The first kappa shape index (κ1) is 11.0. The van der Waals surface area contributed by atoms with Crippen LogP contribution >= 0.6 is 0 Å². The van der Waals surface area contributed by atoms with Gasteiger partial charge in [-0.3, -0.25) is 4.90 Å². The van der Waals surface area contributed by atoms with Crippen molar-refractivity contribution in [3.8, 4) is 0 Å². The predicted octanol–water partition coefficient (Wildman–Crippen LogP) is 0.879. The summed E-state index contributed by atoms with van der Waals surface area (Å²) in [4.78, 5) is 2.54. The fourth-order valence-corrected chi connectivity index (χ4v) is 1.77. The maximum atomic E-state index is 2.54. The van der Waals surface area contributed by atoms with E-state index in [0.29, 0.717) is 6.04 Å². The lowest BCUT2D eigenvalue weighted by atomic mass is 10.2. The smallest absolute Gasteiger partial charge is 0.0261 e. The van der Waals surface area contributed by atoms with Crippen LogP contribution in [0.5, 0.6) is 0 Å². The number of hydrogen-bond donors (Lipinski definition) is 0. The molecule has 0 N–H and O–H groups in total. The van der Waals surface area contributed by atoms with Gasteiger partial charge in [-0.1, -0.05) is 6.92 Å². The van der Waals surface area contributed by atoms with Gasteiger partial charge in [-0.2, -0.15) is 0 Å². The van der Waals surface area contributed by atoms with Crippen molar-refractivity contribution in [1.82, 2.24) is 14.9 Å². The molecule has 0 aromatic carbocycles. The van der Waals surface area contributed by atoms with Crippen LogP contribution in [0.1, 0.15) is 20.8 Å². The van der Waals surface area contributed by atoms with E-state index in [0.717, 1.165) is 6.54 Å². The van der Waals surface area contributed by atoms with Crippen molar-refractivity contribution in [2.75, 3.05) is 39.8 Å². The summed E-state index contributed by atoms with van der Waals surface area (Å²) in [6.45, 7) is 12.7. The van der Waals surface area contributed by atoms with Crippen molar-refractivity contribution in [2.24, 2.45) is 0 Å². The summed E-state index contributed by atoms with van der Waals surface area (Å²) in [5.74, 6) is 0. The molecule has 3 nitrogen and oxygen atoms in total. The first-order valence-electron chi connectivity index (χ1n) is 5.35. The third kappa shape index (κ3) is 2.93. The monoisotopic (exact) mass is 185 g/mol. The second-order valence-corrected chi connectivity index (χ2v) is 4.06. The van der Waals surface area contributed by atoms with Gasteiger partial charge in [-0.05, 0) is 13.8 Å². The molecule has 3 heteroatoms. The number of hydrazine groups is 1. The molecule has 0 aliphatic carbocycles. The van der Waals surface area contributed by atoms with Gasteiger partial charge in [0.25, 0.3) is 0 Å². The minimum atomic E-state index is 0.703. The molecular weight excluding hydrogens is 162 g/mol. The highest BCUT2D eigenvalue weighted by atomic mass is 15.6. The van der Waals surface area contributed by atoms with Gasteiger partial charge in [0.05, 0.1) is 0 Å². The van der Waals surface area contributed by atoms with E-state index in [1.165, 1.54) is 26.2 Å². The molecule has 0 radical (unpaired) electrons. The van der Waals surface area contributed by atoms with Crippen LogP contribution in [0.3, 0.4) is 0 Å². The fraction of sp³-hybridized carbons (Fsp3) is 1.00. The molecule has 1 rings (SSSR count). The van der Waals surface area contributed by atoms with Crippen molar-refractivity contribution < 1.29 is 0 Å². The van der Waals surface area contributed by atoms with Crippen molar-refractivity contribution >= 4 is 0 Å². The Morgan fingerprint density at radius 2 is 1.69 bits per heavy atom. The van der Waals surface area contributed by atoms with Gasteiger partial charge in [0.15, 0.2) is 0 Å². The van der Waals surface area contributed by atoms with E-state index in [1.54, 1.807) is 0 Å². The van der Waals surface area contributed by atoms with Crippen LogP contribution < -0.4 is 0 Å². The first-order chi connectivity index (χ1) is 6.15. The fourth-order valence-electron chi connectivity index (χ4n) is 1.77. The minimum Gasteiger partial charge on any atom is -0.298 e. The summed E-state index contributed by atoms with van der Waals surface area (Å²) in [6.07, 6.45) is 0. The topological polar surface area (TPSA) is 9.72 Å². The number of nitrogens with zero attached hydrogens (tertiary/aromatic N) is 3. The lowest BCUT2D eigenvalue weighted by molar-refractivity contribution is -0.0401. The van der Waals surface area contributed by atoms with Crippen molar-refractivity contribution in [1.29, 1.82) is 0 Å². The van der Waals surface area contributed by atoms with E-state index < -0.39 is 0 Å². The highest BCUT2D eigenvalue weighted by Gasteiger charge is 2.20. The van der Waals surface area contributed by atoms with E-state index in [9.17, 15) is 0 Å². The number of rotatable bonds is 3. The third-order valence-electron chi connectivity index (χ3n) is 2.96. The Bertz CT molecular complexity index is 139. The predicted molar refractivity (Wildman–Crippen MR) is 56.6 cm³/mol. The summed E-state index contributed by atoms with van der Waals surface area (Å²) in [5, 5.41) is 4.76. The van der Waals surface area contributed by atoms with Gasteiger partial charge in [0, 0.05) is 45.8 Å². The zero-order valence-electron chi connectivity index (χ0n) is 9.45. The maximum absolute atomic E-state index is 2.54. The first-order valence-corrected chi connectivity index (χ1v) is 5.35. The van der Waals surface area contributed by atoms with Gasteiger partial charge in [0.2, 0.25) is 0 Å². The van der Waals surface area contributed by atoms with Crippen molar-refractivity contribution in [2.45, 2.75) is 26.8 Å². The Hall–Kier alpha value is -0.120. The molecule has 0 amide bonds. The number of piperazine rings is 1. The standard InChI is InChI=1S/C10H23N3/c1-5-11(4)13-8-6-12(7-9-13)10(2)3/h10H,5-9H2,1-4H3. The summed E-state index contributed by atoms with van der Waals surface area (Å²) in [6, 6.07) is 0.703. The average Bonchev–Trinajstić information content (AvgIpc) is 2.17. The van der Waals surface area contributed by atoms with Crippen LogP contribution in [-0.4, -0.2) is 60.7 Å². The molecule has 0 unspecified atom stereocenters. The molecule has 1 saturated heterocycles. The minimum absolute atomic E-state index is 0.703. The van der Waals surface area contributed by atoms with Crippen LogP contribution in [0.2, 0.25) is 0 Å². The summed E-state index contributed by atoms with van der Waals surface area (Å²) in [5.41, 5.74) is 0. The van der Waals surface area contributed by atoms with Gasteiger partial charge < -0.3 is 0 Å². The summed E-state index contributed by atoms with van der Waals surface area (Å²) < 4.78 is 0. The molecule has 13 heavy (non-hydrogen) atoms. The van der Waals surface area contributed by atoms with Gasteiger partial charge in [-0.25, -0.2) is 10.0 Å². The molecule has 1 aliphatic rings. The van der Waals surface area contributed by atoms with Crippen LogP contribution in [-0.2, 0) is 0 Å². The molecule has 0 spiro atoms. The summed E-state index contributed by atoms with van der Waals surface area (Å²) in [7, 11) is 2.17. The molecule has 0 aromatic heterocycles. The quantitative estimate of drug-likeness (QED) is 0.646. The SMILES string of the molecule is CCN(C)N1CCN(C(C)C)CC1. The zero-order valence-corrected chi connectivity index (χ0v) is 9.45. The Balaban J connectivity index is 2.30. The van der Waals surface area contributed by atoms with E-state index in [-0.39, 0.29) is 0 Å². The molecule has 1 heterocycles. The normalized spacial score (nSPS) is 21.7. The highest BCUT2D eigenvalue weighted by molar-refractivity contribution is 4.72. The van der Waals surface area contributed by atoms with Crippen LogP contribution in [0, 0.1) is 0 Å². The largest absolute Gasteiger partial charge is 0.298 e. The maximum Gasteiger partial charge on any atom is 0.0261 e. The molecule has 0 saturated carbocycles.